The summed E-state index contributed by atoms with van der Waals surface area (Å²) in [5.74, 6) is 1.31. The van der Waals surface area contributed by atoms with Crippen molar-refractivity contribution in [2.75, 3.05) is 6.61 Å². The Hall–Kier alpha value is -2.00. The lowest BCUT2D eigenvalue weighted by Crippen LogP contribution is -1.93. The molecule has 0 spiro atoms. The number of phenolic OH excluding ortho intramolecular Hbond substituents is 1. The fourth-order valence-electron chi connectivity index (χ4n) is 1.94. The molecule has 3 nitrogen and oxygen atoms in total. The zero-order chi connectivity index (χ0) is 13.7. The minimum Gasteiger partial charge on any atom is -0.504 e. The van der Waals surface area contributed by atoms with E-state index in [1.807, 2.05) is 49.4 Å². The number of aryl methyl sites for hydroxylation is 2. The number of benzene rings is 2. The first kappa shape index (κ1) is 13.4. The molecule has 0 saturated heterocycles. The van der Waals surface area contributed by atoms with Gasteiger partial charge < -0.3 is 14.9 Å². The van der Waals surface area contributed by atoms with E-state index in [0.29, 0.717) is 17.9 Å². The van der Waals surface area contributed by atoms with Gasteiger partial charge in [-0.15, -0.1) is 0 Å². The number of aromatic hydroxyl groups is 1. The van der Waals surface area contributed by atoms with E-state index in [2.05, 4.69) is 0 Å². The number of hydrogen-bond acceptors (Lipinski definition) is 3. The van der Waals surface area contributed by atoms with Crippen LogP contribution < -0.4 is 4.74 Å². The van der Waals surface area contributed by atoms with Crippen LogP contribution in [0.3, 0.4) is 0 Å². The molecule has 19 heavy (non-hydrogen) atoms. The van der Waals surface area contributed by atoms with Gasteiger partial charge in [0.15, 0.2) is 11.5 Å². The largest absolute Gasteiger partial charge is 0.504 e. The maximum Gasteiger partial charge on any atom is 0.169 e. The van der Waals surface area contributed by atoms with Crippen molar-refractivity contribution in [2.45, 2.75) is 19.8 Å². The number of phenols is 1. The molecule has 3 heteroatoms. The molecule has 0 aromatic heterocycles. The molecule has 0 aliphatic rings. The minimum atomic E-state index is 0.162. The molecule has 0 unspecified atom stereocenters. The van der Waals surface area contributed by atoms with Gasteiger partial charge in [0.05, 0.1) is 0 Å². The molecular weight excluding hydrogens is 240 g/mol. The number of ether oxygens (including phenoxy) is 1. The predicted molar refractivity (Wildman–Crippen MR) is 74.8 cm³/mol. The van der Waals surface area contributed by atoms with Gasteiger partial charge in [0.2, 0.25) is 0 Å². The van der Waals surface area contributed by atoms with Gasteiger partial charge in [0.1, 0.15) is 5.75 Å². The lowest BCUT2D eigenvalue weighted by Gasteiger charge is -2.12. The topological polar surface area (TPSA) is 49.7 Å². The second-order valence-electron chi connectivity index (χ2n) is 4.50. The summed E-state index contributed by atoms with van der Waals surface area (Å²) in [6.45, 7) is 2.00. The Morgan fingerprint density at radius 3 is 2.53 bits per heavy atom. The maximum atomic E-state index is 10.0. The molecular formula is C16H18O3. The van der Waals surface area contributed by atoms with Crippen LogP contribution in [0.2, 0.25) is 0 Å². The molecule has 100 valence electrons. The van der Waals surface area contributed by atoms with Gasteiger partial charge in [-0.05, 0) is 49.1 Å². The van der Waals surface area contributed by atoms with E-state index in [4.69, 9.17) is 9.84 Å². The predicted octanol–water partition coefficient (Wildman–Crippen LogP) is 3.42. The molecule has 0 radical (unpaired) electrons. The van der Waals surface area contributed by atoms with Gasteiger partial charge in [-0.25, -0.2) is 0 Å². The summed E-state index contributed by atoms with van der Waals surface area (Å²) < 4.78 is 5.70. The van der Waals surface area contributed by atoms with Gasteiger partial charge in [0.25, 0.3) is 0 Å². The van der Waals surface area contributed by atoms with Crippen molar-refractivity contribution in [2.24, 2.45) is 0 Å². The first-order valence-corrected chi connectivity index (χ1v) is 6.37. The van der Waals surface area contributed by atoms with E-state index < -0.39 is 0 Å². The molecule has 0 bridgehead atoms. The Bertz CT molecular complexity index is 535. The van der Waals surface area contributed by atoms with Crippen molar-refractivity contribution in [3.05, 3.63) is 53.6 Å². The van der Waals surface area contributed by atoms with E-state index in [1.54, 1.807) is 0 Å². The summed E-state index contributed by atoms with van der Waals surface area (Å²) in [5, 5.41) is 18.9. The molecule has 0 aliphatic heterocycles. The number of aliphatic hydroxyl groups excluding tert-OH is 1. The van der Waals surface area contributed by atoms with E-state index in [1.165, 1.54) is 0 Å². The number of aliphatic hydroxyl groups is 1. The van der Waals surface area contributed by atoms with E-state index in [9.17, 15) is 5.11 Å². The first-order valence-electron chi connectivity index (χ1n) is 6.37. The summed E-state index contributed by atoms with van der Waals surface area (Å²) in [4.78, 5) is 0. The molecule has 2 aromatic carbocycles. The Labute approximate surface area is 113 Å². The second kappa shape index (κ2) is 6.25. The number of hydrogen-bond donors (Lipinski definition) is 2. The third-order valence-corrected chi connectivity index (χ3v) is 2.92. The van der Waals surface area contributed by atoms with Gasteiger partial charge in [-0.3, -0.25) is 0 Å². The molecule has 0 aliphatic carbocycles. The molecule has 2 N–H and O–H groups in total. The SMILES string of the molecule is Cc1cc(CCCO)cc(Oc2ccccc2)c1O. The van der Waals surface area contributed by atoms with Gasteiger partial charge in [0, 0.05) is 6.61 Å². The smallest absolute Gasteiger partial charge is 0.169 e. The standard InChI is InChI=1S/C16H18O3/c1-12-10-13(6-5-9-17)11-15(16(12)18)19-14-7-3-2-4-8-14/h2-4,7-8,10-11,17-18H,5-6,9H2,1H3. The Morgan fingerprint density at radius 1 is 1.11 bits per heavy atom. The van der Waals surface area contributed by atoms with E-state index in [-0.39, 0.29) is 12.4 Å². The number of para-hydroxylation sites is 1. The molecule has 0 heterocycles. The number of rotatable bonds is 5. The zero-order valence-corrected chi connectivity index (χ0v) is 11.0. The van der Waals surface area contributed by atoms with Crippen LogP contribution in [0, 0.1) is 6.92 Å². The average molecular weight is 258 g/mol. The molecule has 0 fully saturated rings. The monoisotopic (exact) mass is 258 g/mol. The average Bonchev–Trinajstić information content (AvgIpc) is 2.43. The first-order chi connectivity index (χ1) is 9.20. The Morgan fingerprint density at radius 2 is 1.84 bits per heavy atom. The molecule has 2 rings (SSSR count). The van der Waals surface area contributed by atoms with Gasteiger partial charge in [-0.1, -0.05) is 24.3 Å². The fraction of sp³-hybridized carbons (Fsp3) is 0.250. The van der Waals surface area contributed by atoms with Crippen molar-refractivity contribution in [3.8, 4) is 17.2 Å². The highest BCUT2D eigenvalue weighted by Crippen LogP contribution is 2.34. The van der Waals surface area contributed by atoms with Crippen LogP contribution in [0.1, 0.15) is 17.5 Å². The van der Waals surface area contributed by atoms with Crippen molar-refractivity contribution in [3.63, 3.8) is 0 Å². The van der Waals surface area contributed by atoms with Crippen molar-refractivity contribution in [1.82, 2.24) is 0 Å². The second-order valence-corrected chi connectivity index (χ2v) is 4.50. The third-order valence-electron chi connectivity index (χ3n) is 2.92. The minimum absolute atomic E-state index is 0.162. The highest BCUT2D eigenvalue weighted by molar-refractivity contribution is 5.49. The van der Waals surface area contributed by atoms with Gasteiger partial charge in [-0.2, -0.15) is 0 Å². The molecule has 2 aromatic rings. The quantitative estimate of drug-likeness (QED) is 0.864. The van der Waals surface area contributed by atoms with Crippen LogP contribution in [0.4, 0.5) is 0 Å². The van der Waals surface area contributed by atoms with Crippen molar-refractivity contribution in [1.29, 1.82) is 0 Å². The summed E-state index contributed by atoms with van der Waals surface area (Å²) >= 11 is 0. The van der Waals surface area contributed by atoms with Crippen molar-refractivity contribution < 1.29 is 14.9 Å². The Kier molecular flexibility index (Phi) is 4.42. The maximum absolute atomic E-state index is 10.0. The van der Waals surface area contributed by atoms with E-state index >= 15 is 0 Å². The molecule has 0 saturated carbocycles. The summed E-state index contributed by atoms with van der Waals surface area (Å²) in [6.07, 6.45) is 1.47. The van der Waals surface area contributed by atoms with E-state index in [0.717, 1.165) is 17.5 Å². The van der Waals surface area contributed by atoms with Crippen LogP contribution in [0.25, 0.3) is 0 Å². The van der Waals surface area contributed by atoms with Crippen LogP contribution in [-0.2, 0) is 6.42 Å². The normalized spacial score (nSPS) is 10.4. The van der Waals surface area contributed by atoms with Crippen LogP contribution >= 0.6 is 0 Å². The van der Waals surface area contributed by atoms with Crippen LogP contribution in [0.5, 0.6) is 17.2 Å². The summed E-state index contributed by atoms with van der Waals surface area (Å²) in [6, 6.07) is 13.1. The lowest BCUT2D eigenvalue weighted by molar-refractivity contribution is 0.288. The molecule has 0 atom stereocenters. The van der Waals surface area contributed by atoms with Gasteiger partial charge >= 0.3 is 0 Å². The lowest BCUT2D eigenvalue weighted by atomic mass is 10.1. The molecule has 0 amide bonds. The third kappa shape index (κ3) is 3.48. The van der Waals surface area contributed by atoms with Crippen LogP contribution in [-0.4, -0.2) is 16.8 Å². The Balaban J connectivity index is 2.25. The summed E-state index contributed by atoms with van der Waals surface area (Å²) in [5.41, 5.74) is 1.83. The van der Waals surface area contributed by atoms with Crippen LogP contribution in [0.15, 0.2) is 42.5 Å². The fourth-order valence-corrected chi connectivity index (χ4v) is 1.94. The highest BCUT2D eigenvalue weighted by atomic mass is 16.5. The summed E-state index contributed by atoms with van der Waals surface area (Å²) in [7, 11) is 0. The zero-order valence-electron chi connectivity index (χ0n) is 11.0. The van der Waals surface area contributed by atoms with Crippen molar-refractivity contribution >= 4 is 0 Å². The highest BCUT2D eigenvalue weighted by Gasteiger charge is 2.09.